The summed E-state index contributed by atoms with van der Waals surface area (Å²) in [6, 6.07) is 15.6. The lowest BCUT2D eigenvalue weighted by Gasteiger charge is -2.32. The second kappa shape index (κ2) is 6.12. The van der Waals surface area contributed by atoms with E-state index in [0.29, 0.717) is 11.8 Å². The summed E-state index contributed by atoms with van der Waals surface area (Å²) in [5.74, 6) is 0. The molecule has 2 aromatic carbocycles. The molecule has 0 radical (unpaired) electrons. The van der Waals surface area contributed by atoms with Crippen molar-refractivity contribution >= 4 is 45.1 Å². The first-order valence-electron chi connectivity index (χ1n) is 6.73. The van der Waals surface area contributed by atoms with Gasteiger partial charge in [-0.1, -0.05) is 35.0 Å². The van der Waals surface area contributed by atoms with E-state index >= 15 is 0 Å². The molecule has 1 heterocycles. The van der Waals surface area contributed by atoms with Crippen LogP contribution in [0.4, 0.5) is 16.2 Å². The van der Waals surface area contributed by atoms with Gasteiger partial charge in [0, 0.05) is 26.9 Å². The summed E-state index contributed by atoms with van der Waals surface area (Å²) >= 11 is 5.21. The predicted molar refractivity (Wildman–Crippen MR) is 92.3 cm³/mol. The van der Waals surface area contributed by atoms with Crippen LogP contribution in [-0.2, 0) is 0 Å². The van der Waals surface area contributed by atoms with Gasteiger partial charge in [0.05, 0.1) is 5.69 Å². The van der Waals surface area contributed by atoms with Gasteiger partial charge in [0.25, 0.3) is 0 Å². The van der Waals surface area contributed by atoms with Gasteiger partial charge < -0.3 is 5.32 Å². The Labute approximate surface area is 136 Å². The van der Waals surface area contributed by atoms with Crippen LogP contribution in [0.2, 0.25) is 0 Å². The van der Waals surface area contributed by atoms with Crippen molar-refractivity contribution in [1.29, 1.82) is 0 Å². The molecule has 1 atom stereocenters. The van der Waals surface area contributed by atoms with Gasteiger partial charge in [-0.15, -0.1) is 11.8 Å². The number of benzene rings is 2. The Hall–Kier alpha value is -1.46. The molecule has 0 unspecified atom stereocenters. The minimum absolute atomic E-state index is 0.0862. The van der Waals surface area contributed by atoms with Crippen LogP contribution in [0.5, 0.6) is 0 Å². The van der Waals surface area contributed by atoms with Crippen LogP contribution < -0.4 is 10.2 Å². The van der Waals surface area contributed by atoms with E-state index in [4.69, 9.17) is 0 Å². The van der Waals surface area contributed by atoms with E-state index in [0.717, 1.165) is 20.7 Å². The molecule has 0 fully saturated rings. The number of thioether (sulfide) groups is 1. The van der Waals surface area contributed by atoms with Crippen molar-refractivity contribution in [3.05, 3.63) is 53.0 Å². The summed E-state index contributed by atoms with van der Waals surface area (Å²) in [4.78, 5) is 15.5. The molecular weight excluding hydrogens is 348 g/mol. The zero-order chi connectivity index (χ0) is 14.8. The van der Waals surface area contributed by atoms with E-state index in [1.807, 2.05) is 59.1 Å². The topological polar surface area (TPSA) is 32.3 Å². The molecule has 0 aliphatic carbocycles. The summed E-state index contributed by atoms with van der Waals surface area (Å²) in [6.45, 7) is 2.85. The lowest BCUT2D eigenvalue weighted by Crippen LogP contribution is -2.41. The van der Waals surface area contributed by atoms with Gasteiger partial charge in [0.15, 0.2) is 0 Å². The number of nitrogens with zero attached hydrogens (tertiary/aromatic N) is 1. The van der Waals surface area contributed by atoms with E-state index in [9.17, 15) is 4.79 Å². The van der Waals surface area contributed by atoms with Crippen LogP contribution in [0.25, 0.3) is 0 Å². The molecule has 0 spiro atoms. The van der Waals surface area contributed by atoms with Gasteiger partial charge in [-0.3, -0.25) is 4.90 Å². The highest BCUT2D eigenvalue weighted by atomic mass is 79.9. The molecule has 21 heavy (non-hydrogen) atoms. The number of halogens is 1. The molecule has 3 nitrogen and oxygen atoms in total. The molecule has 0 bridgehead atoms. The first-order chi connectivity index (χ1) is 10.1. The molecule has 2 aromatic rings. The number of anilines is 2. The smallest absolute Gasteiger partial charge is 0.308 e. The van der Waals surface area contributed by atoms with Gasteiger partial charge in [-0.05, 0) is 36.4 Å². The second-order valence-electron chi connectivity index (χ2n) is 4.94. The summed E-state index contributed by atoms with van der Waals surface area (Å²) in [5.41, 5.74) is 1.78. The number of para-hydroxylation sites is 1. The highest BCUT2D eigenvalue weighted by Gasteiger charge is 2.26. The molecule has 1 aliphatic rings. The molecule has 5 heteroatoms. The molecule has 3 rings (SSSR count). The third-order valence-corrected chi connectivity index (χ3v) is 4.94. The number of nitrogens with one attached hydrogen (secondary N) is 1. The van der Waals surface area contributed by atoms with E-state index in [-0.39, 0.29) is 6.03 Å². The maximum atomic E-state index is 12.6. The minimum Gasteiger partial charge on any atom is -0.308 e. The molecule has 0 aromatic heterocycles. The minimum atomic E-state index is -0.0862. The Kier molecular flexibility index (Phi) is 4.22. The average molecular weight is 363 g/mol. The highest BCUT2D eigenvalue weighted by Crippen LogP contribution is 2.38. The summed E-state index contributed by atoms with van der Waals surface area (Å²) in [6.07, 6.45) is 0. The standard InChI is InChI=1S/C16H15BrN2OS/c1-11-10-19(14-4-2-3-5-15(14)21-11)16(20)18-13-8-6-12(17)7-9-13/h2-9,11H,10H2,1H3,(H,18,20)/t11-/m0/s1. The van der Waals surface area contributed by atoms with Crippen molar-refractivity contribution in [2.24, 2.45) is 0 Å². The van der Waals surface area contributed by atoms with E-state index in [2.05, 4.69) is 34.2 Å². The third kappa shape index (κ3) is 3.24. The SMILES string of the molecule is C[C@H]1CN(C(=O)Nc2ccc(Br)cc2)c2ccccc2S1. The molecular formula is C16H15BrN2OS. The number of carbonyl (C=O) groups excluding carboxylic acids is 1. The molecule has 108 valence electrons. The normalized spacial score (nSPS) is 17.2. The van der Waals surface area contributed by atoms with Crippen LogP contribution in [-0.4, -0.2) is 17.8 Å². The Morgan fingerprint density at radius 3 is 2.71 bits per heavy atom. The Morgan fingerprint density at radius 2 is 1.95 bits per heavy atom. The van der Waals surface area contributed by atoms with Crippen LogP contribution in [0.3, 0.4) is 0 Å². The van der Waals surface area contributed by atoms with Crippen molar-refractivity contribution in [3.63, 3.8) is 0 Å². The summed E-state index contributed by atoms with van der Waals surface area (Å²) < 4.78 is 0.994. The largest absolute Gasteiger partial charge is 0.326 e. The number of fused-ring (bicyclic) bond motifs is 1. The Bertz CT molecular complexity index is 660. The van der Waals surface area contributed by atoms with E-state index in [1.54, 1.807) is 0 Å². The second-order valence-corrected chi connectivity index (χ2v) is 7.34. The molecule has 0 saturated carbocycles. The van der Waals surface area contributed by atoms with Crippen molar-refractivity contribution in [2.75, 3.05) is 16.8 Å². The molecule has 1 N–H and O–H groups in total. The number of amides is 2. The van der Waals surface area contributed by atoms with Crippen LogP contribution in [0.1, 0.15) is 6.92 Å². The van der Waals surface area contributed by atoms with Crippen LogP contribution in [0, 0.1) is 0 Å². The Morgan fingerprint density at radius 1 is 1.24 bits per heavy atom. The lowest BCUT2D eigenvalue weighted by molar-refractivity contribution is 0.256. The van der Waals surface area contributed by atoms with Crippen LogP contribution in [0.15, 0.2) is 57.9 Å². The van der Waals surface area contributed by atoms with Crippen LogP contribution >= 0.6 is 27.7 Å². The van der Waals surface area contributed by atoms with Gasteiger partial charge in [-0.2, -0.15) is 0 Å². The fourth-order valence-corrected chi connectivity index (χ4v) is 3.68. The molecule has 2 amide bonds. The van der Waals surface area contributed by atoms with Gasteiger partial charge >= 0.3 is 6.03 Å². The van der Waals surface area contributed by atoms with Crippen molar-refractivity contribution < 1.29 is 4.79 Å². The fraction of sp³-hybridized carbons (Fsp3) is 0.188. The maximum Gasteiger partial charge on any atom is 0.326 e. The Balaban J connectivity index is 1.83. The zero-order valence-electron chi connectivity index (χ0n) is 11.5. The number of rotatable bonds is 1. The fourth-order valence-electron chi connectivity index (χ4n) is 2.31. The first kappa shape index (κ1) is 14.5. The monoisotopic (exact) mass is 362 g/mol. The zero-order valence-corrected chi connectivity index (χ0v) is 13.9. The quantitative estimate of drug-likeness (QED) is 0.775. The average Bonchev–Trinajstić information content (AvgIpc) is 2.48. The lowest BCUT2D eigenvalue weighted by atomic mass is 10.2. The molecule has 1 aliphatic heterocycles. The maximum absolute atomic E-state index is 12.6. The van der Waals surface area contributed by atoms with E-state index in [1.165, 1.54) is 0 Å². The van der Waals surface area contributed by atoms with Gasteiger partial charge in [-0.25, -0.2) is 4.79 Å². The first-order valence-corrected chi connectivity index (χ1v) is 8.40. The number of carbonyl (C=O) groups is 1. The highest BCUT2D eigenvalue weighted by molar-refractivity contribution is 9.10. The summed E-state index contributed by atoms with van der Waals surface area (Å²) in [7, 11) is 0. The third-order valence-electron chi connectivity index (χ3n) is 3.26. The van der Waals surface area contributed by atoms with Crippen molar-refractivity contribution in [3.8, 4) is 0 Å². The van der Waals surface area contributed by atoms with E-state index < -0.39 is 0 Å². The van der Waals surface area contributed by atoms with Crippen molar-refractivity contribution in [1.82, 2.24) is 0 Å². The number of hydrogen-bond donors (Lipinski definition) is 1. The predicted octanol–water partition coefficient (Wildman–Crippen LogP) is 4.98. The number of urea groups is 1. The number of hydrogen-bond acceptors (Lipinski definition) is 2. The van der Waals surface area contributed by atoms with Gasteiger partial charge in [0.1, 0.15) is 0 Å². The van der Waals surface area contributed by atoms with Gasteiger partial charge in [0.2, 0.25) is 0 Å². The summed E-state index contributed by atoms with van der Waals surface area (Å²) in [5, 5.41) is 3.34. The molecule has 0 saturated heterocycles. The van der Waals surface area contributed by atoms with Crippen molar-refractivity contribution in [2.45, 2.75) is 17.1 Å².